The number of para-hydroxylation sites is 1. The first-order chi connectivity index (χ1) is 9.74. The zero-order valence-electron chi connectivity index (χ0n) is 10.8. The van der Waals surface area contributed by atoms with E-state index >= 15 is 0 Å². The van der Waals surface area contributed by atoms with Crippen LogP contribution in [-0.4, -0.2) is 9.97 Å². The van der Waals surface area contributed by atoms with Crippen LogP contribution >= 0.6 is 23.5 Å². The molecule has 0 saturated carbocycles. The number of hydrogen-bond acceptors (Lipinski definition) is 4. The first-order valence-electron chi connectivity index (χ1n) is 6.14. The quantitative estimate of drug-likeness (QED) is 0.561. The van der Waals surface area contributed by atoms with E-state index < -0.39 is 0 Å². The number of halogens is 1. The Bertz CT molecular complexity index is 756. The normalized spacial score (nSPS) is 10.7. The van der Waals surface area contributed by atoms with Crippen molar-refractivity contribution in [3.05, 3.63) is 59.5 Å². The molecule has 3 aromatic rings. The molecule has 0 amide bonds. The highest BCUT2D eigenvalue weighted by Gasteiger charge is 2.05. The molecule has 5 heteroatoms. The van der Waals surface area contributed by atoms with Gasteiger partial charge in [-0.3, -0.25) is 4.98 Å². The van der Waals surface area contributed by atoms with Gasteiger partial charge >= 0.3 is 0 Å². The lowest BCUT2D eigenvalue weighted by Crippen LogP contribution is -1.93. The monoisotopic (exact) mass is 301 g/mol. The molecule has 3 rings (SSSR count). The van der Waals surface area contributed by atoms with Crippen LogP contribution in [0.25, 0.3) is 10.9 Å². The standard InChI is InChI=1S/C15H12ClN3S/c1-10-13(7-8-14(16)18-10)20-19-12-6-2-4-11-5-3-9-17-15(11)12/h2-9,19H,1H3. The molecule has 0 fully saturated rings. The van der Waals surface area contributed by atoms with Gasteiger partial charge in [0, 0.05) is 16.5 Å². The minimum Gasteiger partial charge on any atom is -0.324 e. The van der Waals surface area contributed by atoms with Crippen molar-refractivity contribution in [1.82, 2.24) is 9.97 Å². The number of hydrogen-bond donors (Lipinski definition) is 1. The van der Waals surface area contributed by atoms with Gasteiger partial charge in [0.1, 0.15) is 5.15 Å². The average molecular weight is 302 g/mol. The number of aryl methyl sites for hydroxylation is 1. The molecule has 20 heavy (non-hydrogen) atoms. The second-order valence-electron chi connectivity index (χ2n) is 4.30. The highest BCUT2D eigenvalue weighted by Crippen LogP contribution is 2.28. The van der Waals surface area contributed by atoms with E-state index in [-0.39, 0.29) is 0 Å². The van der Waals surface area contributed by atoms with Crippen molar-refractivity contribution in [2.24, 2.45) is 0 Å². The SMILES string of the molecule is Cc1nc(Cl)ccc1SNc1cccc2cccnc12. The fourth-order valence-electron chi connectivity index (χ4n) is 1.92. The van der Waals surface area contributed by atoms with E-state index in [1.807, 2.05) is 43.3 Å². The number of nitrogens with one attached hydrogen (secondary N) is 1. The van der Waals surface area contributed by atoms with Gasteiger partial charge in [-0.05, 0) is 43.1 Å². The van der Waals surface area contributed by atoms with Gasteiger partial charge in [0.15, 0.2) is 0 Å². The van der Waals surface area contributed by atoms with Crippen molar-refractivity contribution in [3.63, 3.8) is 0 Å². The summed E-state index contributed by atoms with van der Waals surface area (Å²) in [5, 5.41) is 1.63. The van der Waals surface area contributed by atoms with E-state index in [4.69, 9.17) is 11.6 Å². The lowest BCUT2D eigenvalue weighted by atomic mass is 10.2. The average Bonchev–Trinajstić information content (AvgIpc) is 2.46. The minimum absolute atomic E-state index is 0.513. The Labute approximate surface area is 126 Å². The predicted molar refractivity (Wildman–Crippen MR) is 85.2 cm³/mol. The molecule has 2 heterocycles. The van der Waals surface area contributed by atoms with Crippen LogP contribution in [0, 0.1) is 6.92 Å². The van der Waals surface area contributed by atoms with E-state index in [9.17, 15) is 0 Å². The van der Waals surface area contributed by atoms with E-state index in [1.165, 1.54) is 11.9 Å². The highest BCUT2D eigenvalue weighted by molar-refractivity contribution is 8.00. The number of rotatable bonds is 3. The fourth-order valence-corrected chi connectivity index (χ4v) is 2.83. The first kappa shape index (κ1) is 13.2. The van der Waals surface area contributed by atoms with Gasteiger partial charge in [-0.15, -0.1) is 0 Å². The third-order valence-electron chi connectivity index (χ3n) is 2.91. The maximum Gasteiger partial charge on any atom is 0.129 e. The maximum atomic E-state index is 5.86. The van der Waals surface area contributed by atoms with Gasteiger partial charge in [-0.1, -0.05) is 29.8 Å². The van der Waals surface area contributed by atoms with Crippen molar-refractivity contribution in [2.45, 2.75) is 11.8 Å². The van der Waals surface area contributed by atoms with Crippen LogP contribution < -0.4 is 4.72 Å². The third kappa shape index (κ3) is 2.71. The van der Waals surface area contributed by atoms with E-state index in [2.05, 4.69) is 14.7 Å². The summed E-state index contributed by atoms with van der Waals surface area (Å²) in [6.45, 7) is 1.94. The number of fused-ring (bicyclic) bond motifs is 1. The maximum absolute atomic E-state index is 5.86. The Hall–Kier alpha value is -1.78. The van der Waals surface area contributed by atoms with Crippen LogP contribution in [0.5, 0.6) is 0 Å². The largest absolute Gasteiger partial charge is 0.324 e. The highest BCUT2D eigenvalue weighted by atomic mass is 35.5. The molecular weight excluding hydrogens is 290 g/mol. The van der Waals surface area contributed by atoms with Crippen LogP contribution in [0.2, 0.25) is 5.15 Å². The minimum atomic E-state index is 0.513. The van der Waals surface area contributed by atoms with Crippen LogP contribution in [0.4, 0.5) is 5.69 Å². The van der Waals surface area contributed by atoms with E-state index in [0.29, 0.717) is 5.15 Å². The summed E-state index contributed by atoms with van der Waals surface area (Å²) in [6, 6.07) is 13.8. The molecule has 0 unspecified atom stereocenters. The van der Waals surface area contributed by atoms with E-state index in [1.54, 1.807) is 12.3 Å². The first-order valence-corrected chi connectivity index (χ1v) is 7.33. The molecular formula is C15H12ClN3S. The molecule has 0 spiro atoms. The number of aromatic nitrogens is 2. The van der Waals surface area contributed by atoms with Gasteiger partial charge in [0.2, 0.25) is 0 Å². The molecule has 0 atom stereocenters. The van der Waals surface area contributed by atoms with Gasteiger partial charge < -0.3 is 4.72 Å². The molecule has 1 N–H and O–H groups in total. The second kappa shape index (κ2) is 5.69. The molecule has 2 aromatic heterocycles. The Balaban J connectivity index is 1.87. The van der Waals surface area contributed by atoms with Gasteiger partial charge in [-0.25, -0.2) is 4.98 Å². The van der Waals surface area contributed by atoms with Crippen LogP contribution in [0.15, 0.2) is 53.6 Å². The zero-order chi connectivity index (χ0) is 13.9. The molecule has 3 nitrogen and oxygen atoms in total. The topological polar surface area (TPSA) is 37.8 Å². The molecule has 0 aliphatic rings. The number of anilines is 1. The van der Waals surface area contributed by atoms with Gasteiger partial charge in [-0.2, -0.15) is 0 Å². The molecule has 100 valence electrons. The summed E-state index contributed by atoms with van der Waals surface area (Å²) in [7, 11) is 0. The summed E-state index contributed by atoms with van der Waals surface area (Å²) in [5.41, 5.74) is 2.85. The van der Waals surface area contributed by atoms with Crippen LogP contribution in [0.3, 0.4) is 0 Å². The summed E-state index contributed by atoms with van der Waals surface area (Å²) >= 11 is 7.37. The lowest BCUT2D eigenvalue weighted by molar-refractivity contribution is 1.12. The Morgan fingerprint density at radius 2 is 1.95 bits per heavy atom. The molecule has 0 bridgehead atoms. The lowest BCUT2D eigenvalue weighted by Gasteiger charge is -2.09. The number of nitrogens with zero attached hydrogens (tertiary/aromatic N) is 2. The van der Waals surface area contributed by atoms with Crippen molar-refractivity contribution < 1.29 is 0 Å². The van der Waals surface area contributed by atoms with Crippen molar-refractivity contribution in [1.29, 1.82) is 0 Å². The molecule has 0 aliphatic heterocycles. The third-order valence-corrected chi connectivity index (χ3v) is 4.09. The summed E-state index contributed by atoms with van der Waals surface area (Å²) in [6.07, 6.45) is 1.80. The van der Waals surface area contributed by atoms with Crippen molar-refractivity contribution in [2.75, 3.05) is 4.72 Å². The predicted octanol–water partition coefficient (Wildman–Crippen LogP) is 4.71. The summed E-state index contributed by atoms with van der Waals surface area (Å²) < 4.78 is 3.34. The van der Waals surface area contributed by atoms with E-state index in [0.717, 1.165) is 27.2 Å². The van der Waals surface area contributed by atoms with Crippen molar-refractivity contribution in [3.8, 4) is 0 Å². The fraction of sp³-hybridized carbons (Fsp3) is 0.0667. The molecule has 0 saturated heterocycles. The van der Waals surface area contributed by atoms with Crippen LogP contribution in [0.1, 0.15) is 5.69 Å². The molecule has 0 radical (unpaired) electrons. The molecule has 1 aromatic carbocycles. The van der Waals surface area contributed by atoms with Crippen LogP contribution in [-0.2, 0) is 0 Å². The Morgan fingerprint density at radius 1 is 1.10 bits per heavy atom. The van der Waals surface area contributed by atoms with Crippen molar-refractivity contribution >= 4 is 40.1 Å². The summed E-state index contributed by atoms with van der Waals surface area (Å²) in [5.74, 6) is 0. The zero-order valence-corrected chi connectivity index (χ0v) is 12.4. The summed E-state index contributed by atoms with van der Waals surface area (Å²) in [4.78, 5) is 9.70. The van der Waals surface area contributed by atoms with Gasteiger partial charge in [0.25, 0.3) is 0 Å². The Morgan fingerprint density at radius 3 is 2.80 bits per heavy atom. The van der Waals surface area contributed by atoms with Gasteiger partial charge in [0.05, 0.1) is 16.9 Å². The molecule has 0 aliphatic carbocycles. The number of benzene rings is 1. The smallest absolute Gasteiger partial charge is 0.129 e. The number of pyridine rings is 2. The Kier molecular flexibility index (Phi) is 3.76. The second-order valence-corrected chi connectivity index (χ2v) is 5.54.